The number of nitrogens with zero attached hydrogens (tertiary/aromatic N) is 3. The zero-order valence-corrected chi connectivity index (χ0v) is 23.2. The largest absolute Gasteiger partial charge is 0.276 e. The van der Waals surface area contributed by atoms with Crippen molar-refractivity contribution >= 4 is 71.6 Å². The smallest absolute Gasteiger partial charge is 0.235 e. The molecule has 0 radical (unpaired) electrons. The van der Waals surface area contributed by atoms with E-state index in [1.807, 2.05) is 57.2 Å². The maximum atomic E-state index is 12.3. The number of fused-ring (bicyclic) bond motifs is 1. The fourth-order valence-corrected chi connectivity index (χ4v) is 4.99. The summed E-state index contributed by atoms with van der Waals surface area (Å²) in [5, 5.41) is 1.02. The average Bonchev–Trinajstić information content (AvgIpc) is 2.95. The monoisotopic (exact) mass is 517 g/mol. The number of aromatic nitrogens is 3. The van der Waals surface area contributed by atoms with E-state index in [0.29, 0.717) is 5.78 Å². The van der Waals surface area contributed by atoms with Gasteiger partial charge < -0.3 is 0 Å². The van der Waals surface area contributed by atoms with Gasteiger partial charge in [-0.3, -0.25) is 8.61 Å². The molecule has 0 spiro atoms. The van der Waals surface area contributed by atoms with E-state index >= 15 is 0 Å². The summed E-state index contributed by atoms with van der Waals surface area (Å²) in [6.07, 6.45) is 23.0. The number of allylic oxidation sites excluding steroid dienone is 10. The summed E-state index contributed by atoms with van der Waals surface area (Å²) in [4.78, 5) is 9.65. The van der Waals surface area contributed by atoms with Crippen LogP contribution >= 0.6 is 27.7 Å². The Morgan fingerprint density at radius 3 is 2.45 bits per heavy atom. The molecular formula is C25H34N3OP3S. The summed E-state index contributed by atoms with van der Waals surface area (Å²) in [5.74, 6) is 0.656. The van der Waals surface area contributed by atoms with Crippen molar-refractivity contribution in [2.75, 3.05) is 6.26 Å². The Morgan fingerprint density at radius 2 is 1.76 bits per heavy atom. The molecule has 0 fully saturated rings. The van der Waals surface area contributed by atoms with Gasteiger partial charge in [0, 0.05) is 27.9 Å². The molecule has 0 bridgehead atoms. The summed E-state index contributed by atoms with van der Waals surface area (Å²) in [6.45, 7) is 5.98. The summed E-state index contributed by atoms with van der Waals surface area (Å²) < 4.78 is 13.9. The van der Waals surface area contributed by atoms with Gasteiger partial charge in [0.05, 0.1) is 27.0 Å². The molecule has 0 saturated heterocycles. The molecule has 4 rings (SSSR count). The first kappa shape index (κ1) is 27.7. The number of imidazole rings is 1. The molecule has 33 heavy (non-hydrogen) atoms. The normalized spacial score (nSPS) is 20.2. The molecule has 0 amide bonds. The topological polar surface area (TPSA) is 47.3 Å². The Morgan fingerprint density at radius 1 is 1.03 bits per heavy atom. The first-order valence-electron chi connectivity index (χ1n) is 10.5. The highest BCUT2D eigenvalue weighted by atomic mass is 32.2. The number of hydrogen-bond acceptors (Lipinski definition) is 3. The van der Waals surface area contributed by atoms with Crippen LogP contribution in [0.3, 0.4) is 0 Å². The minimum absolute atomic E-state index is 0. The molecule has 5 unspecified atom stereocenters. The molecule has 0 aliphatic heterocycles. The quantitative estimate of drug-likeness (QED) is 0.566. The van der Waals surface area contributed by atoms with Gasteiger partial charge in [-0.2, -0.15) is 0 Å². The SMILES string of the molecule is C.CC.CS(=O)C1(C)C=CC=C(c2nc3nc(P)c(P)c(P)n3c2C2=CC=CC=CC2)C=C1. The third-order valence-electron chi connectivity index (χ3n) is 5.36. The van der Waals surface area contributed by atoms with Crippen molar-refractivity contribution in [3.05, 3.63) is 72.1 Å². The third-order valence-corrected chi connectivity index (χ3v) is 9.14. The molecule has 2 aromatic rings. The van der Waals surface area contributed by atoms with Crippen molar-refractivity contribution in [1.82, 2.24) is 14.4 Å². The standard InChI is InChI=1S/C22H24N3OP3S.C2H6.CH4/c1-22(30(2)26)12-7-10-14(11-13-22)16-17(15-8-5-3-4-6-9-15)25-20(29)18(27)19(28)24-21(25)23-16;1-2;/h3-8,10-13H,9,27-29H2,1-2H3;1-2H3;1H4. The van der Waals surface area contributed by atoms with Gasteiger partial charge in [-0.05, 0) is 18.9 Å². The molecule has 2 aliphatic carbocycles. The molecule has 0 aromatic carbocycles. The van der Waals surface area contributed by atoms with Crippen LogP contribution in [-0.4, -0.2) is 29.6 Å². The van der Waals surface area contributed by atoms with Gasteiger partial charge >= 0.3 is 0 Å². The molecule has 0 saturated carbocycles. The van der Waals surface area contributed by atoms with E-state index in [1.165, 1.54) is 5.57 Å². The summed E-state index contributed by atoms with van der Waals surface area (Å²) in [5.41, 5.74) is 5.90. The van der Waals surface area contributed by atoms with E-state index in [0.717, 1.165) is 39.6 Å². The van der Waals surface area contributed by atoms with E-state index in [4.69, 9.17) is 9.97 Å². The van der Waals surface area contributed by atoms with Crippen LogP contribution in [0.2, 0.25) is 0 Å². The fraction of sp³-hybridized carbons (Fsp3) is 0.280. The van der Waals surface area contributed by atoms with Crippen molar-refractivity contribution in [3.8, 4) is 0 Å². The molecule has 176 valence electrons. The fourth-order valence-electron chi connectivity index (χ4n) is 3.44. The first-order valence-corrected chi connectivity index (χ1v) is 13.8. The molecule has 2 heterocycles. The highest BCUT2D eigenvalue weighted by Crippen LogP contribution is 2.32. The number of hydrogen-bond donors (Lipinski definition) is 0. The third kappa shape index (κ3) is 5.60. The van der Waals surface area contributed by atoms with Crippen molar-refractivity contribution in [2.45, 2.75) is 39.4 Å². The van der Waals surface area contributed by atoms with Crippen LogP contribution in [-0.2, 0) is 10.8 Å². The second kappa shape index (κ2) is 11.8. The van der Waals surface area contributed by atoms with Crippen LogP contribution in [0, 0.1) is 0 Å². The molecule has 2 aliphatic rings. The molecule has 4 nitrogen and oxygen atoms in total. The minimum atomic E-state index is -1.02. The van der Waals surface area contributed by atoms with Crippen LogP contribution in [0.4, 0.5) is 0 Å². The van der Waals surface area contributed by atoms with Gasteiger partial charge in [0.1, 0.15) is 0 Å². The van der Waals surface area contributed by atoms with E-state index in [-0.39, 0.29) is 7.43 Å². The van der Waals surface area contributed by atoms with Gasteiger partial charge in [-0.15, -0.1) is 9.24 Å². The molecule has 2 aromatic heterocycles. The van der Waals surface area contributed by atoms with Crippen molar-refractivity contribution < 1.29 is 4.21 Å². The van der Waals surface area contributed by atoms with Crippen molar-refractivity contribution in [3.63, 3.8) is 0 Å². The Kier molecular flexibility index (Phi) is 9.89. The highest BCUT2D eigenvalue weighted by Gasteiger charge is 2.26. The van der Waals surface area contributed by atoms with Gasteiger partial charge in [0.2, 0.25) is 5.78 Å². The van der Waals surface area contributed by atoms with Gasteiger partial charge in [0.15, 0.2) is 0 Å². The summed E-state index contributed by atoms with van der Waals surface area (Å²) in [6, 6.07) is 0. The van der Waals surface area contributed by atoms with E-state index < -0.39 is 15.5 Å². The van der Waals surface area contributed by atoms with Crippen molar-refractivity contribution in [2.24, 2.45) is 0 Å². The Hall–Kier alpha value is -1.50. The van der Waals surface area contributed by atoms with E-state index in [2.05, 4.69) is 56.4 Å². The maximum Gasteiger partial charge on any atom is 0.235 e. The molecular weight excluding hydrogens is 483 g/mol. The predicted molar refractivity (Wildman–Crippen MR) is 159 cm³/mol. The predicted octanol–water partition coefficient (Wildman–Crippen LogP) is 4.44. The zero-order valence-electron chi connectivity index (χ0n) is 18.9. The maximum absolute atomic E-state index is 12.3. The second-order valence-corrected chi connectivity index (χ2v) is 10.9. The molecule has 0 N–H and O–H groups in total. The van der Waals surface area contributed by atoms with Gasteiger partial charge in [-0.1, -0.05) is 101 Å². The van der Waals surface area contributed by atoms with Gasteiger partial charge in [0.25, 0.3) is 0 Å². The van der Waals surface area contributed by atoms with Gasteiger partial charge in [-0.25, -0.2) is 9.97 Å². The van der Waals surface area contributed by atoms with E-state index in [1.54, 1.807) is 6.26 Å². The Balaban J connectivity index is 0.00000125. The van der Waals surface area contributed by atoms with Crippen LogP contribution in [0.5, 0.6) is 0 Å². The van der Waals surface area contributed by atoms with Crippen LogP contribution in [0.1, 0.15) is 46.0 Å². The Bertz CT molecular complexity index is 1250. The lowest BCUT2D eigenvalue weighted by atomic mass is 10.0. The minimum Gasteiger partial charge on any atom is -0.276 e. The highest BCUT2D eigenvalue weighted by molar-refractivity contribution is 7.86. The summed E-state index contributed by atoms with van der Waals surface area (Å²) in [7, 11) is 7.26. The lowest BCUT2D eigenvalue weighted by Crippen LogP contribution is -2.32. The van der Waals surface area contributed by atoms with Crippen molar-refractivity contribution in [1.29, 1.82) is 0 Å². The lowest BCUT2D eigenvalue weighted by molar-refractivity contribution is 0.675. The average molecular weight is 518 g/mol. The lowest BCUT2D eigenvalue weighted by Gasteiger charge is -2.17. The Labute approximate surface area is 207 Å². The zero-order chi connectivity index (χ0) is 23.5. The second-order valence-electron chi connectivity index (χ2n) is 7.40. The van der Waals surface area contributed by atoms with E-state index in [9.17, 15) is 4.21 Å². The van der Waals surface area contributed by atoms with Crippen LogP contribution in [0.25, 0.3) is 16.9 Å². The first-order chi connectivity index (χ1) is 15.3. The van der Waals surface area contributed by atoms with Crippen LogP contribution in [0.15, 0.2) is 60.8 Å². The van der Waals surface area contributed by atoms with Crippen LogP contribution < -0.4 is 16.2 Å². The summed E-state index contributed by atoms with van der Waals surface area (Å²) >= 11 is 0. The molecule has 8 heteroatoms. The molecule has 5 atom stereocenters. The number of rotatable bonds is 3.